The Balaban J connectivity index is 2.12. The maximum atomic E-state index is 12.6. The Bertz CT molecular complexity index is 537. The second-order valence-electron chi connectivity index (χ2n) is 5.50. The highest BCUT2D eigenvalue weighted by atomic mass is 79.9. The Labute approximate surface area is 130 Å². The number of oxime groups is 1. The minimum atomic E-state index is -0.823. The molecule has 0 saturated heterocycles. The van der Waals surface area contributed by atoms with E-state index in [0.717, 1.165) is 9.35 Å². The van der Waals surface area contributed by atoms with Gasteiger partial charge in [0.25, 0.3) is 0 Å². The molecule has 1 fully saturated rings. The highest BCUT2D eigenvalue weighted by Crippen LogP contribution is 2.47. The average molecular weight is 360 g/mol. The molecule has 1 heterocycles. The molecule has 0 aromatic carbocycles. The predicted molar refractivity (Wildman–Crippen MR) is 82.7 cm³/mol. The number of rotatable bonds is 4. The lowest BCUT2D eigenvalue weighted by molar-refractivity contribution is -0.143. The standard InChI is InChI=1S/C13H18BrN3O2S/c1-8-4-13(5-8,11(15)16-19)12(18)17(2)6-9-3-10(14)20-7-9/h3,7-8,19H,4-6H2,1-2H3,(H2,15,16). The number of hydrogen-bond acceptors (Lipinski definition) is 4. The molecular weight excluding hydrogens is 342 g/mol. The van der Waals surface area contributed by atoms with Crippen molar-refractivity contribution in [3.8, 4) is 0 Å². The SMILES string of the molecule is CC1CC(C(=O)N(C)Cc2csc(Br)c2)(C(N)=NO)C1. The van der Waals surface area contributed by atoms with E-state index < -0.39 is 5.41 Å². The Morgan fingerprint density at radius 3 is 2.80 bits per heavy atom. The summed E-state index contributed by atoms with van der Waals surface area (Å²) >= 11 is 5.00. The lowest BCUT2D eigenvalue weighted by Crippen LogP contribution is -2.56. The molecule has 0 bridgehead atoms. The topological polar surface area (TPSA) is 78.9 Å². The summed E-state index contributed by atoms with van der Waals surface area (Å²) in [6, 6.07) is 1.99. The van der Waals surface area contributed by atoms with Crippen LogP contribution in [0, 0.1) is 11.3 Å². The van der Waals surface area contributed by atoms with E-state index in [1.165, 1.54) is 0 Å². The number of halogens is 1. The predicted octanol–water partition coefficient (Wildman–Crippen LogP) is 2.63. The van der Waals surface area contributed by atoms with Crippen LogP contribution in [0.15, 0.2) is 20.4 Å². The highest BCUT2D eigenvalue weighted by Gasteiger charge is 2.53. The monoisotopic (exact) mass is 359 g/mol. The maximum Gasteiger partial charge on any atom is 0.236 e. The van der Waals surface area contributed by atoms with E-state index in [1.807, 2.05) is 11.4 Å². The van der Waals surface area contributed by atoms with E-state index >= 15 is 0 Å². The highest BCUT2D eigenvalue weighted by molar-refractivity contribution is 9.11. The number of hydrogen-bond donors (Lipinski definition) is 2. The second-order valence-corrected chi connectivity index (χ2v) is 7.79. The number of amides is 1. The molecule has 5 nitrogen and oxygen atoms in total. The van der Waals surface area contributed by atoms with Gasteiger partial charge in [0.2, 0.25) is 5.91 Å². The van der Waals surface area contributed by atoms with Crippen molar-refractivity contribution in [2.45, 2.75) is 26.3 Å². The Kier molecular flexibility index (Phi) is 4.39. The third kappa shape index (κ3) is 2.69. The van der Waals surface area contributed by atoms with Crippen LogP contribution in [0.1, 0.15) is 25.3 Å². The summed E-state index contributed by atoms with van der Waals surface area (Å²) in [4.78, 5) is 14.3. The summed E-state index contributed by atoms with van der Waals surface area (Å²) < 4.78 is 1.04. The van der Waals surface area contributed by atoms with Crippen LogP contribution in [-0.2, 0) is 11.3 Å². The molecule has 0 unspecified atom stereocenters. The van der Waals surface area contributed by atoms with Gasteiger partial charge in [-0.3, -0.25) is 4.79 Å². The molecule has 7 heteroatoms. The van der Waals surface area contributed by atoms with Crippen LogP contribution in [-0.4, -0.2) is 28.9 Å². The first kappa shape index (κ1) is 15.3. The van der Waals surface area contributed by atoms with Crippen molar-refractivity contribution in [2.75, 3.05) is 7.05 Å². The average Bonchev–Trinajstić information content (AvgIpc) is 2.78. The zero-order valence-corrected chi connectivity index (χ0v) is 13.9. The van der Waals surface area contributed by atoms with Crippen molar-refractivity contribution in [1.82, 2.24) is 4.90 Å². The van der Waals surface area contributed by atoms with Gasteiger partial charge in [-0.25, -0.2) is 0 Å². The summed E-state index contributed by atoms with van der Waals surface area (Å²) in [5.41, 5.74) is 6.00. The Hall–Kier alpha value is -1.08. The van der Waals surface area contributed by atoms with Crippen molar-refractivity contribution in [1.29, 1.82) is 0 Å². The van der Waals surface area contributed by atoms with Crippen LogP contribution in [0.3, 0.4) is 0 Å². The molecule has 0 atom stereocenters. The fourth-order valence-corrected chi connectivity index (χ4v) is 4.06. The molecule has 0 radical (unpaired) electrons. The molecule has 1 aromatic rings. The first-order valence-corrected chi connectivity index (χ1v) is 8.03. The fourth-order valence-electron chi connectivity index (χ4n) is 2.86. The number of carbonyl (C=O) groups excluding carboxylic acids is 1. The Morgan fingerprint density at radius 2 is 2.35 bits per heavy atom. The number of thiophene rings is 1. The van der Waals surface area contributed by atoms with Crippen LogP contribution in [0.4, 0.5) is 0 Å². The van der Waals surface area contributed by atoms with E-state index in [-0.39, 0.29) is 11.7 Å². The number of carbonyl (C=O) groups is 1. The largest absolute Gasteiger partial charge is 0.409 e. The van der Waals surface area contributed by atoms with E-state index in [1.54, 1.807) is 23.3 Å². The van der Waals surface area contributed by atoms with Gasteiger partial charge in [-0.2, -0.15) is 0 Å². The number of nitrogens with two attached hydrogens (primary N) is 1. The summed E-state index contributed by atoms with van der Waals surface area (Å²) in [6.45, 7) is 2.59. The third-order valence-electron chi connectivity index (χ3n) is 3.79. The third-order valence-corrected chi connectivity index (χ3v) is 5.34. The molecule has 110 valence electrons. The molecule has 0 spiro atoms. The first-order chi connectivity index (χ1) is 9.39. The van der Waals surface area contributed by atoms with Gasteiger partial charge < -0.3 is 15.8 Å². The lowest BCUT2D eigenvalue weighted by atomic mass is 9.61. The normalized spacial score (nSPS) is 26.1. The first-order valence-electron chi connectivity index (χ1n) is 6.35. The fraction of sp³-hybridized carbons (Fsp3) is 0.538. The minimum Gasteiger partial charge on any atom is -0.409 e. The summed E-state index contributed by atoms with van der Waals surface area (Å²) in [7, 11) is 1.75. The minimum absolute atomic E-state index is 0.0268. The Morgan fingerprint density at radius 1 is 1.70 bits per heavy atom. The van der Waals surface area contributed by atoms with E-state index in [4.69, 9.17) is 10.9 Å². The zero-order chi connectivity index (χ0) is 14.9. The van der Waals surface area contributed by atoms with Gasteiger partial charge in [-0.1, -0.05) is 12.1 Å². The molecule has 1 aliphatic rings. The molecule has 2 rings (SSSR count). The van der Waals surface area contributed by atoms with Gasteiger partial charge in [0.05, 0.1) is 3.79 Å². The van der Waals surface area contributed by atoms with Gasteiger partial charge in [-0.05, 0) is 51.7 Å². The molecule has 3 N–H and O–H groups in total. The van der Waals surface area contributed by atoms with Crippen molar-refractivity contribution in [3.63, 3.8) is 0 Å². The van der Waals surface area contributed by atoms with Gasteiger partial charge in [0, 0.05) is 13.6 Å². The zero-order valence-electron chi connectivity index (χ0n) is 11.5. The van der Waals surface area contributed by atoms with Crippen LogP contribution in [0.25, 0.3) is 0 Å². The van der Waals surface area contributed by atoms with Crippen molar-refractivity contribution < 1.29 is 10.0 Å². The quantitative estimate of drug-likeness (QED) is 0.375. The number of nitrogens with zero attached hydrogens (tertiary/aromatic N) is 2. The molecule has 1 amide bonds. The van der Waals surface area contributed by atoms with E-state index in [0.29, 0.717) is 25.3 Å². The van der Waals surface area contributed by atoms with Gasteiger partial charge in [0.1, 0.15) is 5.41 Å². The molecular formula is C13H18BrN3O2S. The van der Waals surface area contributed by atoms with Crippen LogP contribution in [0.5, 0.6) is 0 Å². The van der Waals surface area contributed by atoms with E-state index in [2.05, 4.69) is 28.0 Å². The molecule has 1 aromatic heterocycles. The summed E-state index contributed by atoms with van der Waals surface area (Å²) in [5, 5.41) is 14.0. The molecule has 1 aliphatic carbocycles. The van der Waals surface area contributed by atoms with Crippen LogP contribution < -0.4 is 5.73 Å². The summed E-state index contributed by atoms with van der Waals surface area (Å²) in [5.74, 6) is 0.370. The van der Waals surface area contributed by atoms with Crippen LogP contribution in [0.2, 0.25) is 0 Å². The van der Waals surface area contributed by atoms with Gasteiger partial charge in [-0.15, -0.1) is 11.3 Å². The molecule has 1 saturated carbocycles. The smallest absolute Gasteiger partial charge is 0.236 e. The van der Waals surface area contributed by atoms with Gasteiger partial charge >= 0.3 is 0 Å². The van der Waals surface area contributed by atoms with Crippen molar-refractivity contribution in [3.05, 3.63) is 20.8 Å². The van der Waals surface area contributed by atoms with Crippen molar-refractivity contribution >= 4 is 39.0 Å². The van der Waals surface area contributed by atoms with Crippen molar-refractivity contribution in [2.24, 2.45) is 22.2 Å². The molecule has 0 aliphatic heterocycles. The summed E-state index contributed by atoms with van der Waals surface area (Å²) in [6.07, 6.45) is 1.28. The maximum absolute atomic E-state index is 12.6. The second kappa shape index (κ2) is 5.73. The van der Waals surface area contributed by atoms with Gasteiger partial charge in [0.15, 0.2) is 5.84 Å². The number of amidine groups is 1. The van der Waals surface area contributed by atoms with Crippen LogP contribution >= 0.6 is 27.3 Å². The molecule has 20 heavy (non-hydrogen) atoms. The lowest BCUT2D eigenvalue weighted by Gasteiger charge is -2.45. The van der Waals surface area contributed by atoms with E-state index in [9.17, 15) is 4.79 Å².